The molecule has 0 aliphatic carbocycles. The number of rotatable bonds is 6. The van der Waals surface area contributed by atoms with Crippen LogP contribution in [-0.4, -0.2) is 22.1 Å². The van der Waals surface area contributed by atoms with Crippen LogP contribution < -0.4 is 10.5 Å². The third-order valence-corrected chi connectivity index (χ3v) is 5.82. The third-order valence-electron chi connectivity index (χ3n) is 5.18. The molecule has 0 saturated carbocycles. The van der Waals surface area contributed by atoms with Gasteiger partial charge in [-0.05, 0) is 70.7 Å². The summed E-state index contributed by atoms with van der Waals surface area (Å²) in [5.74, 6) is 0.835. The van der Waals surface area contributed by atoms with E-state index >= 15 is 0 Å². The van der Waals surface area contributed by atoms with E-state index in [2.05, 4.69) is 52.5 Å². The molecule has 152 valence electrons. The number of nitrogens with zero attached hydrogens (tertiary/aromatic N) is 2. The maximum Gasteiger partial charge on any atom is 0.255 e. The summed E-state index contributed by atoms with van der Waals surface area (Å²) in [6, 6.07) is 19.9. The maximum absolute atomic E-state index is 11.3. The number of ether oxygens (including phenoxy) is 1. The van der Waals surface area contributed by atoms with Crippen molar-refractivity contribution in [2.75, 3.05) is 6.61 Å². The zero-order valence-electron chi connectivity index (χ0n) is 16.9. The monoisotopic (exact) mass is 463 g/mol. The average Bonchev–Trinajstić information content (AvgIpc) is 3.09. The molecular weight excluding hydrogens is 442 g/mol. The number of carbonyl (C=O) groups excluding carboxylic acids is 1. The first kappa shape index (κ1) is 20.2. The van der Waals surface area contributed by atoms with Crippen molar-refractivity contribution in [2.24, 2.45) is 5.73 Å². The van der Waals surface area contributed by atoms with E-state index in [1.54, 1.807) is 0 Å². The second-order valence-corrected chi connectivity index (χ2v) is 8.10. The number of fused-ring (bicyclic) bond motifs is 1. The van der Waals surface area contributed by atoms with E-state index < -0.39 is 5.91 Å². The second kappa shape index (κ2) is 8.32. The molecule has 0 unspecified atom stereocenters. The summed E-state index contributed by atoms with van der Waals surface area (Å²) in [6.45, 7) is 4.73. The van der Waals surface area contributed by atoms with Crippen LogP contribution in [0.5, 0.6) is 5.75 Å². The number of nitrogens with two attached hydrogens (primary N) is 1. The summed E-state index contributed by atoms with van der Waals surface area (Å²) in [4.78, 5) is 16.2. The van der Waals surface area contributed by atoms with Crippen LogP contribution in [0.15, 0.2) is 65.1 Å². The van der Waals surface area contributed by atoms with Gasteiger partial charge in [-0.25, -0.2) is 4.98 Å². The smallest absolute Gasteiger partial charge is 0.255 e. The molecule has 0 bridgehead atoms. The number of carbonyl (C=O) groups is 1. The maximum atomic E-state index is 11.3. The Morgan fingerprint density at radius 3 is 2.47 bits per heavy atom. The summed E-state index contributed by atoms with van der Waals surface area (Å²) in [7, 11) is 0. The number of hydrogen-bond acceptors (Lipinski definition) is 3. The van der Waals surface area contributed by atoms with E-state index in [0.717, 1.165) is 26.9 Å². The highest BCUT2D eigenvalue weighted by Gasteiger charge is 2.19. The van der Waals surface area contributed by atoms with Crippen molar-refractivity contribution in [3.05, 3.63) is 81.8 Å². The van der Waals surface area contributed by atoms with E-state index in [1.807, 2.05) is 42.5 Å². The van der Waals surface area contributed by atoms with Crippen LogP contribution in [0.1, 0.15) is 16.7 Å². The lowest BCUT2D eigenvalue weighted by atomic mass is 10.0. The molecule has 1 heterocycles. The van der Waals surface area contributed by atoms with Crippen molar-refractivity contribution in [3.8, 4) is 17.1 Å². The normalized spacial score (nSPS) is 11.0. The molecule has 0 radical (unpaired) electrons. The number of hydrogen-bond donors (Lipinski definition) is 1. The van der Waals surface area contributed by atoms with Gasteiger partial charge in [-0.3, -0.25) is 4.79 Å². The zero-order chi connectivity index (χ0) is 21.3. The van der Waals surface area contributed by atoms with Gasteiger partial charge in [0.25, 0.3) is 5.91 Å². The van der Waals surface area contributed by atoms with Crippen LogP contribution in [0.2, 0.25) is 0 Å². The van der Waals surface area contributed by atoms with Gasteiger partial charge in [0.2, 0.25) is 0 Å². The van der Waals surface area contributed by atoms with Gasteiger partial charge in [-0.1, -0.05) is 36.4 Å². The molecular formula is C24H22BrN3O2. The van der Waals surface area contributed by atoms with Crippen LogP contribution in [0.4, 0.5) is 0 Å². The molecule has 3 aromatic carbocycles. The number of imidazole rings is 1. The quantitative estimate of drug-likeness (QED) is 0.437. The van der Waals surface area contributed by atoms with Crippen LogP contribution in [0, 0.1) is 13.8 Å². The summed E-state index contributed by atoms with van der Waals surface area (Å²) < 4.78 is 8.86. The summed E-state index contributed by atoms with van der Waals surface area (Å²) >= 11 is 3.70. The number of aryl methyl sites for hydroxylation is 2. The van der Waals surface area contributed by atoms with Crippen molar-refractivity contribution in [2.45, 2.75) is 20.4 Å². The molecule has 0 fully saturated rings. The number of para-hydroxylation sites is 2. The minimum atomic E-state index is -0.517. The number of halogens is 1. The molecule has 0 spiro atoms. The van der Waals surface area contributed by atoms with E-state index in [4.69, 9.17) is 15.5 Å². The Morgan fingerprint density at radius 1 is 1.03 bits per heavy atom. The van der Waals surface area contributed by atoms with Gasteiger partial charge in [0.15, 0.2) is 6.61 Å². The lowest BCUT2D eigenvalue weighted by molar-refractivity contribution is -0.119. The first-order chi connectivity index (χ1) is 14.5. The number of aromatic nitrogens is 2. The van der Waals surface area contributed by atoms with Gasteiger partial charge < -0.3 is 15.0 Å². The molecule has 4 rings (SSSR count). The highest BCUT2D eigenvalue weighted by atomic mass is 79.9. The Morgan fingerprint density at radius 2 is 1.73 bits per heavy atom. The Labute approximate surface area is 183 Å². The average molecular weight is 464 g/mol. The fourth-order valence-corrected chi connectivity index (χ4v) is 4.25. The number of benzene rings is 3. The summed E-state index contributed by atoms with van der Waals surface area (Å²) in [5, 5.41) is 0. The summed E-state index contributed by atoms with van der Waals surface area (Å²) in [6.07, 6.45) is 0. The molecule has 0 aliphatic heterocycles. The molecule has 1 amide bonds. The van der Waals surface area contributed by atoms with E-state index in [-0.39, 0.29) is 6.61 Å². The zero-order valence-corrected chi connectivity index (χ0v) is 18.4. The van der Waals surface area contributed by atoms with Crippen molar-refractivity contribution in [1.82, 2.24) is 9.55 Å². The van der Waals surface area contributed by atoms with E-state index in [0.29, 0.717) is 12.3 Å². The molecule has 4 aromatic rings. The molecule has 0 saturated heterocycles. The predicted octanol–water partition coefficient (Wildman–Crippen LogP) is 5.00. The van der Waals surface area contributed by atoms with Crippen molar-refractivity contribution < 1.29 is 9.53 Å². The number of primary amides is 1. The van der Waals surface area contributed by atoms with Gasteiger partial charge >= 0.3 is 0 Å². The standard InChI is InChI=1S/C24H22BrN3O2/c1-15-7-5-8-16(2)18(15)13-28-23-19(25)10-6-11-20(23)27-24(28)17-9-3-4-12-21(17)30-14-22(26)29/h3-12H,13-14H2,1-2H3,(H2,26,29). The highest BCUT2D eigenvalue weighted by molar-refractivity contribution is 9.10. The fourth-order valence-electron chi connectivity index (χ4n) is 3.68. The Kier molecular flexibility index (Phi) is 5.59. The largest absolute Gasteiger partial charge is 0.483 e. The van der Waals surface area contributed by atoms with E-state index in [1.165, 1.54) is 16.7 Å². The van der Waals surface area contributed by atoms with Crippen LogP contribution >= 0.6 is 15.9 Å². The van der Waals surface area contributed by atoms with Crippen molar-refractivity contribution in [3.63, 3.8) is 0 Å². The van der Waals surface area contributed by atoms with Gasteiger partial charge in [0.05, 0.1) is 23.1 Å². The van der Waals surface area contributed by atoms with Gasteiger partial charge in [-0.2, -0.15) is 0 Å². The lowest BCUT2D eigenvalue weighted by Gasteiger charge is -2.16. The molecule has 1 aromatic heterocycles. The molecule has 0 atom stereocenters. The topological polar surface area (TPSA) is 70.1 Å². The third kappa shape index (κ3) is 3.83. The minimum Gasteiger partial charge on any atom is -0.483 e. The highest BCUT2D eigenvalue weighted by Crippen LogP contribution is 2.35. The molecule has 0 aliphatic rings. The van der Waals surface area contributed by atoms with Crippen LogP contribution in [0.3, 0.4) is 0 Å². The molecule has 2 N–H and O–H groups in total. The van der Waals surface area contributed by atoms with Crippen LogP contribution in [-0.2, 0) is 11.3 Å². The summed E-state index contributed by atoms with van der Waals surface area (Å²) in [5.41, 5.74) is 11.7. The Hall–Kier alpha value is -3.12. The first-order valence-corrected chi connectivity index (χ1v) is 10.5. The van der Waals surface area contributed by atoms with Gasteiger partial charge in [0.1, 0.15) is 11.6 Å². The van der Waals surface area contributed by atoms with Gasteiger partial charge in [-0.15, -0.1) is 0 Å². The van der Waals surface area contributed by atoms with Crippen molar-refractivity contribution in [1.29, 1.82) is 0 Å². The van der Waals surface area contributed by atoms with Crippen molar-refractivity contribution >= 4 is 32.9 Å². The van der Waals surface area contributed by atoms with Gasteiger partial charge in [0, 0.05) is 4.47 Å². The first-order valence-electron chi connectivity index (χ1n) is 9.66. The number of amides is 1. The Bertz CT molecular complexity index is 1230. The second-order valence-electron chi connectivity index (χ2n) is 7.25. The van der Waals surface area contributed by atoms with Crippen LogP contribution in [0.25, 0.3) is 22.4 Å². The predicted molar refractivity (Wildman–Crippen MR) is 123 cm³/mol. The molecule has 5 nitrogen and oxygen atoms in total. The molecule has 6 heteroatoms. The SMILES string of the molecule is Cc1cccc(C)c1Cn1c(-c2ccccc2OCC(N)=O)nc2cccc(Br)c21. The van der Waals surface area contributed by atoms with E-state index in [9.17, 15) is 4.79 Å². The lowest BCUT2D eigenvalue weighted by Crippen LogP contribution is -2.20. The fraction of sp³-hybridized carbons (Fsp3) is 0.167. The minimum absolute atomic E-state index is 0.183. The Balaban J connectivity index is 1.93. The molecule has 30 heavy (non-hydrogen) atoms.